The summed E-state index contributed by atoms with van der Waals surface area (Å²) < 4.78 is 38.5. The number of nitrogens with one attached hydrogen (secondary N) is 2. The van der Waals surface area contributed by atoms with Crippen molar-refractivity contribution in [3.63, 3.8) is 0 Å². The van der Waals surface area contributed by atoms with Crippen LogP contribution in [0.4, 0.5) is 13.2 Å². The van der Waals surface area contributed by atoms with E-state index in [9.17, 15) is 13.2 Å². The van der Waals surface area contributed by atoms with Crippen LogP contribution in [0.15, 0.2) is 29.3 Å². The lowest BCUT2D eigenvalue weighted by Crippen LogP contribution is -2.52. The molecule has 1 heterocycles. The van der Waals surface area contributed by atoms with Crippen molar-refractivity contribution in [1.29, 1.82) is 0 Å². The first-order valence-electron chi connectivity index (χ1n) is 9.40. The average Bonchev–Trinajstić information content (AvgIpc) is 2.64. The summed E-state index contributed by atoms with van der Waals surface area (Å²) in [6.07, 6.45) is -4.33. The highest BCUT2D eigenvalue weighted by Gasteiger charge is 2.30. The monoisotopic (exact) mass is 385 g/mol. The van der Waals surface area contributed by atoms with E-state index < -0.39 is 11.7 Å². The minimum absolute atomic E-state index is 0.197. The summed E-state index contributed by atoms with van der Waals surface area (Å²) in [4.78, 5) is 9.19. The largest absolute Gasteiger partial charge is 0.416 e. The molecule has 5 nitrogen and oxygen atoms in total. The summed E-state index contributed by atoms with van der Waals surface area (Å²) in [6, 6.07) is 5.67. The highest BCUT2D eigenvalue weighted by Crippen LogP contribution is 2.29. The van der Waals surface area contributed by atoms with Crippen LogP contribution in [0, 0.1) is 0 Å². The van der Waals surface area contributed by atoms with Crippen LogP contribution in [0.2, 0.25) is 0 Å². The van der Waals surface area contributed by atoms with Crippen molar-refractivity contribution in [1.82, 2.24) is 20.4 Å². The van der Waals surface area contributed by atoms with E-state index in [0.717, 1.165) is 44.9 Å². The van der Waals surface area contributed by atoms with E-state index in [1.54, 1.807) is 6.07 Å². The Morgan fingerprint density at radius 3 is 2.52 bits per heavy atom. The summed E-state index contributed by atoms with van der Waals surface area (Å²) in [7, 11) is 2.13. The number of halogens is 3. The Balaban J connectivity index is 1.92. The average molecular weight is 385 g/mol. The fraction of sp³-hybridized carbons (Fsp3) is 0.632. The van der Waals surface area contributed by atoms with Crippen molar-refractivity contribution in [3.8, 4) is 0 Å². The first-order valence-corrected chi connectivity index (χ1v) is 9.40. The fourth-order valence-electron chi connectivity index (χ4n) is 2.99. The Morgan fingerprint density at radius 2 is 1.89 bits per heavy atom. The fourth-order valence-corrected chi connectivity index (χ4v) is 2.99. The predicted octanol–water partition coefficient (Wildman–Crippen LogP) is 2.40. The van der Waals surface area contributed by atoms with Gasteiger partial charge in [-0.05, 0) is 38.6 Å². The summed E-state index contributed by atoms with van der Waals surface area (Å²) >= 11 is 0. The molecule has 8 heteroatoms. The number of piperazine rings is 1. The van der Waals surface area contributed by atoms with E-state index in [-0.39, 0.29) is 6.54 Å². The number of rotatable bonds is 6. The van der Waals surface area contributed by atoms with Gasteiger partial charge in [-0.25, -0.2) is 4.99 Å². The van der Waals surface area contributed by atoms with Gasteiger partial charge in [0.1, 0.15) is 0 Å². The van der Waals surface area contributed by atoms with Crippen molar-refractivity contribution in [2.45, 2.75) is 32.6 Å². The second-order valence-corrected chi connectivity index (χ2v) is 6.96. The molecule has 2 N–H and O–H groups in total. The number of alkyl halides is 3. The zero-order valence-corrected chi connectivity index (χ0v) is 16.3. The molecule has 1 aliphatic rings. The number of likely N-dealkylation sites (N-methyl/N-ethyl adjacent to an activating group) is 1. The van der Waals surface area contributed by atoms with Gasteiger partial charge >= 0.3 is 6.18 Å². The van der Waals surface area contributed by atoms with Gasteiger partial charge in [0.15, 0.2) is 5.96 Å². The van der Waals surface area contributed by atoms with Crippen molar-refractivity contribution in [3.05, 3.63) is 35.4 Å². The lowest BCUT2D eigenvalue weighted by Gasteiger charge is -2.36. The van der Waals surface area contributed by atoms with Gasteiger partial charge < -0.3 is 15.5 Å². The molecular weight excluding hydrogens is 355 g/mol. The zero-order chi connectivity index (χ0) is 19.9. The molecule has 2 rings (SSSR count). The quantitative estimate of drug-likeness (QED) is 0.583. The molecule has 1 aromatic carbocycles. The molecule has 1 aromatic rings. The van der Waals surface area contributed by atoms with E-state index in [0.29, 0.717) is 24.1 Å². The Kier molecular flexibility index (Phi) is 7.91. The third kappa shape index (κ3) is 7.03. The van der Waals surface area contributed by atoms with Crippen molar-refractivity contribution < 1.29 is 13.2 Å². The number of hydrogen-bond acceptors (Lipinski definition) is 3. The summed E-state index contributed by atoms with van der Waals surface area (Å²) in [6.45, 7) is 9.97. The molecule has 0 aliphatic carbocycles. The van der Waals surface area contributed by atoms with Crippen molar-refractivity contribution in [2.24, 2.45) is 4.99 Å². The maximum absolute atomic E-state index is 12.8. The topological polar surface area (TPSA) is 42.9 Å². The Hall–Kier alpha value is -1.80. The number of aliphatic imine (C=N–C) groups is 1. The summed E-state index contributed by atoms with van der Waals surface area (Å²) in [5.74, 6) is 0.621. The van der Waals surface area contributed by atoms with Crippen LogP contribution in [0.25, 0.3) is 0 Å². The third-order valence-electron chi connectivity index (χ3n) is 4.74. The summed E-state index contributed by atoms with van der Waals surface area (Å²) in [5.41, 5.74) is -0.106. The van der Waals surface area contributed by atoms with Gasteiger partial charge in [0.25, 0.3) is 0 Å². The number of hydrogen-bond donors (Lipinski definition) is 2. The zero-order valence-electron chi connectivity index (χ0n) is 16.3. The molecule has 0 spiro atoms. The normalized spacial score (nSPS) is 18.4. The standard InChI is InChI=1S/C19H30F3N5/c1-4-23-18(24-13-15(2)27-10-8-26(3)9-11-27)25-14-16-6-5-7-17(12-16)19(20,21)22/h5-7,12,15H,4,8-11,13-14H2,1-3H3,(H2,23,24,25). The molecule has 0 bridgehead atoms. The maximum atomic E-state index is 12.8. The van der Waals surface area contributed by atoms with Crippen LogP contribution < -0.4 is 10.6 Å². The predicted molar refractivity (Wildman–Crippen MR) is 103 cm³/mol. The first-order chi connectivity index (χ1) is 12.8. The molecule has 152 valence electrons. The Labute approximate surface area is 159 Å². The van der Waals surface area contributed by atoms with E-state index in [2.05, 4.69) is 39.4 Å². The van der Waals surface area contributed by atoms with Gasteiger partial charge in [-0.2, -0.15) is 13.2 Å². The van der Waals surface area contributed by atoms with Gasteiger partial charge in [0.2, 0.25) is 0 Å². The number of guanidine groups is 1. The van der Waals surface area contributed by atoms with Gasteiger partial charge in [-0.3, -0.25) is 4.90 Å². The maximum Gasteiger partial charge on any atom is 0.416 e. The van der Waals surface area contributed by atoms with Crippen molar-refractivity contribution >= 4 is 5.96 Å². The van der Waals surface area contributed by atoms with Crippen LogP contribution >= 0.6 is 0 Å². The van der Waals surface area contributed by atoms with Crippen LogP contribution in [0.3, 0.4) is 0 Å². The third-order valence-corrected chi connectivity index (χ3v) is 4.74. The Bertz CT molecular complexity index is 610. The van der Waals surface area contributed by atoms with Crippen LogP contribution in [0.5, 0.6) is 0 Å². The van der Waals surface area contributed by atoms with E-state index in [4.69, 9.17) is 0 Å². The molecule has 1 aliphatic heterocycles. The van der Waals surface area contributed by atoms with Crippen LogP contribution in [0.1, 0.15) is 25.0 Å². The van der Waals surface area contributed by atoms with Gasteiger partial charge in [0.05, 0.1) is 12.1 Å². The second-order valence-electron chi connectivity index (χ2n) is 6.96. The molecule has 0 aromatic heterocycles. The number of benzene rings is 1. The molecule has 1 atom stereocenters. The highest BCUT2D eigenvalue weighted by atomic mass is 19.4. The molecule has 1 saturated heterocycles. The van der Waals surface area contributed by atoms with E-state index in [1.165, 1.54) is 6.07 Å². The van der Waals surface area contributed by atoms with E-state index in [1.807, 2.05) is 6.92 Å². The smallest absolute Gasteiger partial charge is 0.357 e. The number of nitrogens with zero attached hydrogens (tertiary/aromatic N) is 3. The van der Waals surface area contributed by atoms with Crippen LogP contribution in [-0.2, 0) is 12.7 Å². The Morgan fingerprint density at radius 1 is 1.19 bits per heavy atom. The lowest BCUT2D eigenvalue weighted by molar-refractivity contribution is -0.137. The summed E-state index contributed by atoms with van der Waals surface area (Å²) in [5, 5.41) is 6.46. The van der Waals surface area contributed by atoms with Gasteiger partial charge in [0, 0.05) is 45.3 Å². The highest BCUT2D eigenvalue weighted by molar-refractivity contribution is 5.79. The van der Waals surface area contributed by atoms with Crippen molar-refractivity contribution in [2.75, 3.05) is 46.3 Å². The molecule has 0 saturated carbocycles. The molecule has 0 radical (unpaired) electrons. The first kappa shape index (κ1) is 21.5. The molecule has 1 unspecified atom stereocenters. The van der Waals surface area contributed by atoms with Crippen LogP contribution in [-0.4, -0.2) is 68.1 Å². The molecule has 1 fully saturated rings. The molecule has 0 amide bonds. The molecular formula is C19H30F3N5. The van der Waals surface area contributed by atoms with E-state index >= 15 is 0 Å². The second kappa shape index (κ2) is 9.94. The van der Waals surface area contributed by atoms with Gasteiger partial charge in [-0.1, -0.05) is 12.1 Å². The minimum atomic E-state index is -4.33. The lowest BCUT2D eigenvalue weighted by atomic mass is 10.1. The SMILES string of the molecule is CCNC(=NCc1cccc(C(F)(F)F)c1)NCC(C)N1CCN(C)CC1. The molecule has 27 heavy (non-hydrogen) atoms. The minimum Gasteiger partial charge on any atom is -0.357 e. The van der Waals surface area contributed by atoms with Gasteiger partial charge in [-0.15, -0.1) is 0 Å².